The maximum absolute atomic E-state index is 14.8. The predicted molar refractivity (Wildman–Crippen MR) is 163 cm³/mol. The maximum Gasteiger partial charge on any atom is 0.232 e. The van der Waals surface area contributed by atoms with Gasteiger partial charge in [-0.05, 0) is 44.9 Å². The SMILES string of the molecule is CCCCC1=C(NC(=O)C2C(C)NCC(F)C/C=C(/C(C)CCC)NC2N)C(N2CCN3CCOC[C@@H]3C2)CCN1. The molecule has 41 heavy (non-hydrogen) atoms. The summed E-state index contributed by atoms with van der Waals surface area (Å²) in [5.41, 5.74) is 9.86. The molecule has 6 N–H and O–H groups in total. The lowest BCUT2D eigenvalue weighted by Crippen LogP contribution is -2.62. The van der Waals surface area contributed by atoms with Crippen molar-refractivity contribution in [1.29, 1.82) is 0 Å². The Balaban J connectivity index is 1.57. The molecule has 10 heteroatoms. The summed E-state index contributed by atoms with van der Waals surface area (Å²) in [6, 6.07) is 0.236. The van der Waals surface area contributed by atoms with Gasteiger partial charge in [0.05, 0.1) is 37.0 Å². The van der Waals surface area contributed by atoms with Crippen molar-refractivity contribution in [3.05, 3.63) is 23.2 Å². The molecule has 234 valence electrons. The van der Waals surface area contributed by atoms with Crippen molar-refractivity contribution in [1.82, 2.24) is 31.1 Å². The van der Waals surface area contributed by atoms with Crippen molar-refractivity contribution >= 4 is 5.91 Å². The number of rotatable bonds is 9. The molecule has 0 radical (unpaired) electrons. The summed E-state index contributed by atoms with van der Waals surface area (Å²) >= 11 is 0. The number of unbranched alkanes of at least 4 members (excludes halogenated alkanes) is 1. The van der Waals surface area contributed by atoms with Gasteiger partial charge in [-0.1, -0.05) is 39.7 Å². The van der Waals surface area contributed by atoms with Crippen LogP contribution in [0, 0.1) is 11.8 Å². The topological polar surface area (TPSA) is 107 Å². The number of ether oxygens (including phenoxy) is 1. The van der Waals surface area contributed by atoms with Gasteiger partial charge in [-0.3, -0.25) is 14.6 Å². The fourth-order valence-corrected chi connectivity index (χ4v) is 6.92. The molecule has 4 rings (SSSR count). The van der Waals surface area contributed by atoms with Crippen LogP contribution in [0.1, 0.15) is 72.6 Å². The van der Waals surface area contributed by atoms with E-state index >= 15 is 0 Å². The summed E-state index contributed by atoms with van der Waals surface area (Å²) in [5.74, 6) is -0.466. The molecular weight excluding hydrogens is 521 g/mol. The van der Waals surface area contributed by atoms with E-state index in [1.165, 1.54) is 0 Å². The lowest BCUT2D eigenvalue weighted by molar-refractivity contribution is -0.126. The highest BCUT2D eigenvalue weighted by Gasteiger charge is 2.39. The monoisotopic (exact) mass is 577 g/mol. The van der Waals surface area contributed by atoms with E-state index in [-0.39, 0.29) is 30.5 Å². The van der Waals surface area contributed by atoms with Crippen molar-refractivity contribution in [3.63, 3.8) is 0 Å². The minimum atomic E-state index is -1.01. The van der Waals surface area contributed by atoms with Crippen LogP contribution in [-0.2, 0) is 9.53 Å². The number of hydrogen-bond acceptors (Lipinski definition) is 8. The van der Waals surface area contributed by atoms with Gasteiger partial charge in [0.25, 0.3) is 0 Å². The van der Waals surface area contributed by atoms with Crippen molar-refractivity contribution < 1.29 is 13.9 Å². The molecule has 4 heterocycles. The van der Waals surface area contributed by atoms with Crippen LogP contribution < -0.4 is 27.0 Å². The number of amides is 1. The van der Waals surface area contributed by atoms with Crippen molar-refractivity contribution in [3.8, 4) is 0 Å². The van der Waals surface area contributed by atoms with E-state index in [2.05, 4.69) is 51.8 Å². The fourth-order valence-electron chi connectivity index (χ4n) is 6.92. The van der Waals surface area contributed by atoms with Crippen LogP contribution >= 0.6 is 0 Å². The van der Waals surface area contributed by atoms with Crippen molar-refractivity contribution in [2.45, 2.75) is 103 Å². The van der Waals surface area contributed by atoms with Crippen LogP contribution in [0.25, 0.3) is 0 Å². The first-order chi connectivity index (χ1) is 19.8. The van der Waals surface area contributed by atoms with Gasteiger partial charge in [0, 0.05) is 62.7 Å². The zero-order chi connectivity index (χ0) is 29.4. The number of nitrogens with two attached hydrogens (primary N) is 1. The number of alkyl halides is 1. The second kappa shape index (κ2) is 15.7. The summed E-state index contributed by atoms with van der Waals surface area (Å²) in [5, 5.41) is 13.8. The zero-order valence-corrected chi connectivity index (χ0v) is 25.9. The molecule has 2 saturated heterocycles. The number of nitrogens with zero attached hydrogens (tertiary/aromatic N) is 2. The Morgan fingerprint density at radius 3 is 2.83 bits per heavy atom. The van der Waals surface area contributed by atoms with Gasteiger partial charge >= 0.3 is 0 Å². The lowest BCUT2D eigenvalue weighted by atomic mass is 9.92. The second-order valence-electron chi connectivity index (χ2n) is 12.6. The molecule has 0 aromatic rings. The Labute approximate surface area is 247 Å². The Hall–Kier alpha value is -1.72. The van der Waals surface area contributed by atoms with Crippen LogP contribution in [0.5, 0.6) is 0 Å². The molecule has 9 nitrogen and oxygen atoms in total. The van der Waals surface area contributed by atoms with Crippen LogP contribution in [-0.4, -0.2) is 98.7 Å². The molecule has 1 amide bonds. The van der Waals surface area contributed by atoms with E-state index in [0.29, 0.717) is 12.5 Å². The Morgan fingerprint density at radius 1 is 1.24 bits per heavy atom. The van der Waals surface area contributed by atoms with E-state index in [0.717, 1.165) is 102 Å². The molecule has 0 aromatic carbocycles. The van der Waals surface area contributed by atoms with Crippen LogP contribution in [0.15, 0.2) is 23.2 Å². The minimum Gasteiger partial charge on any atom is -0.387 e. The van der Waals surface area contributed by atoms with Gasteiger partial charge in [0.1, 0.15) is 6.17 Å². The molecule has 4 aliphatic rings. The third-order valence-electron chi connectivity index (χ3n) is 9.43. The van der Waals surface area contributed by atoms with Gasteiger partial charge in [-0.2, -0.15) is 0 Å². The standard InChI is InChI=1S/C31H56FN7O2/c1-5-7-9-26-29(27(12-13-34-26)39-15-14-38-16-17-41-20-24(38)19-39)37-31(40)28-22(4)35-18-23(32)10-11-25(36-30(28)33)21(3)8-6-2/h11,21-24,27-28,30,34-36H,5-10,12-20,33H2,1-4H3,(H,37,40)/b25-11-/t21?,22?,23?,24-,27?,28?,30?/m0/s1. The summed E-state index contributed by atoms with van der Waals surface area (Å²) < 4.78 is 20.6. The first-order valence-corrected chi connectivity index (χ1v) is 16.3. The number of nitrogens with one attached hydrogen (secondary N) is 4. The molecule has 6 unspecified atom stereocenters. The molecule has 7 atom stereocenters. The minimum absolute atomic E-state index is 0.110. The molecule has 0 aromatic heterocycles. The number of allylic oxidation sites excluding steroid dienone is 3. The first kappa shape index (κ1) is 32.2. The van der Waals surface area contributed by atoms with E-state index in [1.807, 2.05) is 13.0 Å². The maximum atomic E-state index is 14.8. The van der Waals surface area contributed by atoms with Crippen LogP contribution in [0.2, 0.25) is 0 Å². The zero-order valence-electron chi connectivity index (χ0n) is 25.9. The highest BCUT2D eigenvalue weighted by molar-refractivity contribution is 5.82. The largest absolute Gasteiger partial charge is 0.387 e. The molecule has 0 bridgehead atoms. The molecule has 2 fully saturated rings. The number of fused-ring (bicyclic) bond motifs is 1. The predicted octanol–water partition coefficient (Wildman–Crippen LogP) is 2.41. The van der Waals surface area contributed by atoms with Gasteiger partial charge in [0.15, 0.2) is 0 Å². The smallest absolute Gasteiger partial charge is 0.232 e. The normalized spacial score (nSPS) is 34.4. The van der Waals surface area contributed by atoms with E-state index in [4.69, 9.17) is 10.5 Å². The number of hydrogen-bond donors (Lipinski definition) is 5. The summed E-state index contributed by atoms with van der Waals surface area (Å²) in [7, 11) is 0. The summed E-state index contributed by atoms with van der Waals surface area (Å²) in [6.07, 6.45) is 6.66. The van der Waals surface area contributed by atoms with Gasteiger partial charge in [0.2, 0.25) is 5.91 Å². The van der Waals surface area contributed by atoms with E-state index < -0.39 is 18.3 Å². The Kier molecular flexibility index (Phi) is 12.3. The van der Waals surface area contributed by atoms with Gasteiger partial charge in [-0.15, -0.1) is 0 Å². The summed E-state index contributed by atoms with van der Waals surface area (Å²) in [4.78, 5) is 19.3. The van der Waals surface area contributed by atoms with Gasteiger partial charge < -0.3 is 31.7 Å². The Bertz CT molecular complexity index is 915. The average Bonchev–Trinajstić information content (AvgIpc) is 2.97. The number of halogens is 1. The van der Waals surface area contributed by atoms with Crippen LogP contribution in [0.3, 0.4) is 0 Å². The van der Waals surface area contributed by atoms with E-state index in [9.17, 15) is 9.18 Å². The molecular formula is C31H56FN7O2. The molecule has 0 aliphatic carbocycles. The van der Waals surface area contributed by atoms with Gasteiger partial charge in [-0.25, -0.2) is 4.39 Å². The molecule has 0 saturated carbocycles. The highest BCUT2D eigenvalue weighted by atomic mass is 19.1. The summed E-state index contributed by atoms with van der Waals surface area (Å²) in [6.45, 7) is 15.1. The quantitative estimate of drug-likeness (QED) is 0.285. The fraction of sp³-hybridized carbons (Fsp3) is 0.839. The third kappa shape index (κ3) is 8.44. The number of morpholine rings is 1. The Morgan fingerprint density at radius 2 is 2.05 bits per heavy atom. The average molecular weight is 578 g/mol. The number of piperazine rings is 1. The number of carbonyl (C=O) groups is 1. The lowest BCUT2D eigenvalue weighted by Gasteiger charge is -2.48. The van der Waals surface area contributed by atoms with Crippen molar-refractivity contribution in [2.24, 2.45) is 17.6 Å². The molecule has 4 aliphatic heterocycles. The molecule has 0 spiro atoms. The highest BCUT2D eigenvalue weighted by Crippen LogP contribution is 2.27. The first-order valence-electron chi connectivity index (χ1n) is 16.3. The van der Waals surface area contributed by atoms with Crippen molar-refractivity contribution in [2.75, 3.05) is 52.5 Å². The third-order valence-corrected chi connectivity index (χ3v) is 9.43. The van der Waals surface area contributed by atoms with E-state index in [1.54, 1.807) is 0 Å². The van der Waals surface area contributed by atoms with Crippen LogP contribution in [0.4, 0.5) is 4.39 Å². The second-order valence-corrected chi connectivity index (χ2v) is 12.6. The number of carbonyl (C=O) groups excluding carboxylic acids is 1.